The van der Waals surface area contributed by atoms with Gasteiger partial charge in [-0.15, -0.1) is 0 Å². The van der Waals surface area contributed by atoms with E-state index < -0.39 is 5.97 Å². The quantitative estimate of drug-likeness (QED) is 0.294. The summed E-state index contributed by atoms with van der Waals surface area (Å²) in [4.78, 5) is 28.5. The Balaban J connectivity index is 1.91. The highest BCUT2D eigenvalue weighted by Gasteiger charge is 2.11. The number of carbonyl (C=O) groups is 2. The fourth-order valence-electron chi connectivity index (χ4n) is 3.01. The van der Waals surface area contributed by atoms with Crippen molar-refractivity contribution >= 4 is 34.9 Å². The number of pyridine rings is 1. The summed E-state index contributed by atoms with van der Waals surface area (Å²) >= 11 is 0. The molecule has 2 aromatic carbocycles. The molecule has 0 spiro atoms. The molecule has 0 aliphatic rings. The Bertz CT molecular complexity index is 1050. The van der Waals surface area contributed by atoms with Crippen molar-refractivity contribution in [3.8, 4) is 5.75 Å². The lowest BCUT2D eigenvalue weighted by atomic mass is 10.1. The van der Waals surface area contributed by atoms with Gasteiger partial charge in [-0.3, -0.25) is 9.78 Å². The van der Waals surface area contributed by atoms with Gasteiger partial charge in [0.1, 0.15) is 5.75 Å². The number of carboxylic acids is 1. The maximum absolute atomic E-state index is 11.1. The number of nitrogens with zero attached hydrogens (tertiary/aromatic N) is 2. The normalized spacial score (nSPS) is 11.3. The molecule has 6 heteroatoms. The fourth-order valence-corrected chi connectivity index (χ4v) is 3.01. The Hall–Kier alpha value is -3.67. The number of rotatable bonds is 7. The van der Waals surface area contributed by atoms with Crippen LogP contribution in [0.2, 0.25) is 0 Å². The summed E-state index contributed by atoms with van der Waals surface area (Å²) < 4.78 is 5.39. The van der Waals surface area contributed by atoms with Gasteiger partial charge in [0, 0.05) is 42.5 Å². The summed E-state index contributed by atoms with van der Waals surface area (Å²) in [5, 5.41) is 10.1. The molecule has 0 amide bonds. The number of benzene rings is 2. The second kappa shape index (κ2) is 8.35. The van der Waals surface area contributed by atoms with Gasteiger partial charge in [-0.25, -0.2) is 4.79 Å². The van der Waals surface area contributed by atoms with Crippen LogP contribution in [0.3, 0.4) is 0 Å². The molecule has 1 heterocycles. The molecule has 1 aromatic heterocycles. The van der Waals surface area contributed by atoms with E-state index >= 15 is 0 Å². The Morgan fingerprint density at radius 1 is 1.21 bits per heavy atom. The number of aldehydes is 1. The zero-order valence-corrected chi connectivity index (χ0v) is 15.6. The largest absolute Gasteiger partial charge is 0.496 e. The number of anilines is 1. The summed E-state index contributed by atoms with van der Waals surface area (Å²) in [6, 6.07) is 15.4. The van der Waals surface area contributed by atoms with Crippen LogP contribution in [0.5, 0.6) is 5.75 Å². The molecule has 3 aromatic rings. The number of aliphatic carboxylic acids is 1. The Kier molecular flexibility index (Phi) is 5.69. The minimum atomic E-state index is -1.28. The molecule has 0 saturated carbocycles. The average Bonchev–Trinajstić information content (AvgIpc) is 2.72. The standard InChI is InChI=1S/C22H20N2O4/c1-24(13-16-9-10-23-20-6-4-3-5-19(16)20)18-8-7-15(21(12-18)28-2)11-17(14-25)22(26)27/h3-12,14H,13H2,1-2H3,(H,26,27)/b17-11+. The van der Waals surface area contributed by atoms with Gasteiger partial charge in [0.2, 0.25) is 0 Å². The lowest BCUT2D eigenvalue weighted by Gasteiger charge is -2.21. The van der Waals surface area contributed by atoms with E-state index in [0.29, 0.717) is 24.1 Å². The molecule has 0 aliphatic heterocycles. The molecule has 0 aliphatic carbocycles. The third kappa shape index (κ3) is 4.01. The number of methoxy groups -OCH3 is 1. The number of carboxylic acid groups (broad SMARTS) is 1. The molecular formula is C22H20N2O4. The lowest BCUT2D eigenvalue weighted by molar-refractivity contribution is -0.133. The number of carbonyl (C=O) groups excluding carboxylic acids is 1. The van der Waals surface area contributed by atoms with Crippen LogP contribution >= 0.6 is 0 Å². The van der Waals surface area contributed by atoms with Crippen molar-refractivity contribution in [2.24, 2.45) is 0 Å². The molecule has 0 saturated heterocycles. The van der Waals surface area contributed by atoms with Crippen molar-refractivity contribution < 1.29 is 19.4 Å². The van der Waals surface area contributed by atoms with E-state index in [0.717, 1.165) is 22.2 Å². The van der Waals surface area contributed by atoms with Gasteiger partial charge in [0.05, 0.1) is 18.2 Å². The molecule has 6 nitrogen and oxygen atoms in total. The molecule has 0 bridgehead atoms. The van der Waals surface area contributed by atoms with Crippen LogP contribution in [0.1, 0.15) is 11.1 Å². The van der Waals surface area contributed by atoms with Gasteiger partial charge < -0.3 is 14.7 Å². The van der Waals surface area contributed by atoms with Gasteiger partial charge in [-0.2, -0.15) is 0 Å². The maximum atomic E-state index is 11.1. The van der Waals surface area contributed by atoms with E-state index in [1.54, 1.807) is 12.3 Å². The topological polar surface area (TPSA) is 79.7 Å². The van der Waals surface area contributed by atoms with Gasteiger partial charge in [0.25, 0.3) is 0 Å². The Morgan fingerprint density at radius 2 is 2.00 bits per heavy atom. The molecule has 3 rings (SSSR count). The van der Waals surface area contributed by atoms with Crippen LogP contribution in [-0.2, 0) is 16.1 Å². The molecule has 0 unspecified atom stereocenters. The third-order valence-corrected chi connectivity index (χ3v) is 4.49. The minimum Gasteiger partial charge on any atom is -0.496 e. The summed E-state index contributed by atoms with van der Waals surface area (Å²) in [5.74, 6) is -0.785. The van der Waals surface area contributed by atoms with Crippen LogP contribution in [0.4, 0.5) is 5.69 Å². The van der Waals surface area contributed by atoms with Crippen LogP contribution < -0.4 is 9.64 Å². The van der Waals surface area contributed by atoms with Crippen LogP contribution in [0, 0.1) is 0 Å². The highest BCUT2D eigenvalue weighted by Crippen LogP contribution is 2.28. The number of para-hydroxylation sites is 1. The Labute approximate surface area is 162 Å². The number of hydrogen-bond donors (Lipinski definition) is 1. The van der Waals surface area contributed by atoms with E-state index in [2.05, 4.69) is 9.88 Å². The van der Waals surface area contributed by atoms with Crippen molar-refractivity contribution in [2.45, 2.75) is 6.54 Å². The van der Waals surface area contributed by atoms with Gasteiger partial charge in [0.15, 0.2) is 6.29 Å². The predicted molar refractivity (Wildman–Crippen MR) is 109 cm³/mol. The Morgan fingerprint density at radius 3 is 2.71 bits per heavy atom. The first-order chi connectivity index (χ1) is 13.5. The highest BCUT2D eigenvalue weighted by molar-refractivity contribution is 6.11. The lowest BCUT2D eigenvalue weighted by Crippen LogP contribution is -2.16. The number of aromatic nitrogens is 1. The summed E-state index contributed by atoms with van der Waals surface area (Å²) in [6.45, 7) is 0.663. The molecule has 142 valence electrons. The summed E-state index contributed by atoms with van der Waals surface area (Å²) in [7, 11) is 3.47. The average molecular weight is 376 g/mol. The number of fused-ring (bicyclic) bond motifs is 1. The van der Waals surface area contributed by atoms with Crippen LogP contribution in [-0.4, -0.2) is 36.5 Å². The van der Waals surface area contributed by atoms with Crippen LogP contribution in [0.15, 0.2) is 60.3 Å². The maximum Gasteiger partial charge on any atom is 0.339 e. The van der Waals surface area contributed by atoms with E-state index in [1.807, 2.05) is 49.5 Å². The predicted octanol–water partition coefficient (Wildman–Crippen LogP) is 3.55. The van der Waals surface area contributed by atoms with Crippen LogP contribution in [0.25, 0.3) is 17.0 Å². The van der Waals surface area contributed by atoms with Crippen molar-refractivity contribution in [2.75, 3.05) is 19.1 Å². The number of hydrogen-bond acceptors (Lipinski definition) is 5. The van der Waals surface area contributed by atoms with Gasteiger partial charge in [-0.1, -0.05) is 18.2 Å². The monoisotopic (exact) mass is 376 g/mol. The minimum absolute atomic E-state index is 0.316. The summed E-state index contributed by atoms with van der Waals surface area (Å²) in [5.41, 5.74) is 3.19. The smallest absolute Gasteiger partial charge is 0.339 e. The van der Waals surface area contributed by atoms with E-state index in [1.165, 1.54) is 13.2 Å². The van der Waals surface area contributed by atoms with Crippen molar-refractivity contribution in [3.63, 3.8) is 0 Å². The SMILES string of the molecule is COc1cc(N(C)Cc2ccnc3ccccc23)ccc1/C=C(\C=O)C(=O)O. The first-order valence-electron chi connectivity index (χ1n) is 8.65. The molecule has 0 fully saturated rings. The van der Waals surface area contributed by atoms with E-state index in [9.17, 15) is 9.59 Å². The number of ether oxygens (including phenoxy) is 1. The zero-order valence-electron chi connectivity index (χ0n) is 15.6. The molecule has 0 radical (unpaired) electrons. The molecular weight excluding hydrogens is 356 g/mol. The molecule has 28 heavy (non-hydrogen) atoms. The first-order valence-corrected chi connectivity index (χ1v) is 8.65. The molecule has 0 atom stereocenters. The van der Waals surface area contributed by atoms with Crippen molar-refractivity contribution in [1.29, 1.82) is 0 Å². The summed E-state index contributed by atoms with van der Waals surface area (Å²) in [6.07, 6.45) is 3.41. The van der Waals surface area contributed by atoms with Gasteiger partial charge >= 0.3 is 5.97 Å². The van der Waals surface area contributed by atoms with Crippen molar-refractivity contribution in [1.82, 2.24) is 4.98 Å². The van der Waals surface area contributed by atoms with E-state index in [-0.39, 0.29) is 5.57 Å². The second-order valence-corrected chi connectivity index (χ2v) is 6.29. The third-order valence-electron chi connectivity index (χ3n) is 4.49. The van der Waals surface area contributed by atoms with Gasteiger partial charge in [-0.05, 0) is 35.9 Å². The zero-order chi connectivity index (χ0) is 20.1. The van der Waals surface area contributed by atoms with E-state index in [4.69, 9.17) is 9.84 Å². The van der Waals surface area contributed by atoms with Crippen molar-refractivity contribution in [3.05, 3.63) is 71.4 Å². The molecule has 1 N–H and O–H groups in total. The fraction of sp³-hybridized carbons (Fsp3) is 0.136. The highest BCUT2D eigenvalue weighted by atomic mass is 16.5. The first kappa shape index (κ1) is 19.1. The second-order valence-electron chi connectivity index (χ2n) is 6.29.